The van der Waals surface area contributed by atoms with Gasteiger partial charge in [-0.1, -0.05) is 0 Å². The summed E-state index contributed by atoms with van der Waals surface area (Å²) in [4.78, 5) is 11.8. The number of carbonyl (C=O) groups is 1. The lowest BCUT2D eigenvalue weighted by Gasteiger charge is -2.07. The van der Waals surface area contributed by atoms with Gasteiger partial charge in [0.1, 0.15) is 5.82 Å². The summed E-state index contributed by atoms with van der Waals surface area (Å²) in [6.45, 7) is 2.66. The maximum Gasteiger partial charge on any atom is 0.419 e. The van der Waals surface area contributed by atoms with E-state index in [1.165, 1.54) is 12.3 Å². The van der Waals surface area contributed by atoms with E-state index in [-0.39, 0.29) is 5.52 Å². The summed E-state index contributed by atoms with van der Waals surface area (Å²) < 4.78 is 53.8. The van der Waals surface area contributed by atoms with Crippen LogP contribution in [0.15, 0.2) is 24.4 Å². The van der Waals surface area contributed by atoms with Crippen LogP contribution in [-0.4, -0.2) is 18.1 Å². The summed E-state index contributed by atoms with van der Waals surface area (Å²) in [6, 6.07) is 3.15. The second-order valence-corrected chi connectivity index (χ2v) is 3.45. The van der Waals surface area contributed by atoms with Gasteiger partial charge in [0.15, 0.2) is 0 Å². The number of hydrogen-bond acceptors (Lipinski definition) is 2. The first-order valence-corrected chi connectivity index (χ1v) is 5.29. The molecule has 0 atom stereocenters. The molecule has 2 rings (SSSR count). The third-order valence-electron chi connectivity index (χ3n) is 2.18. The predicted molar refractivity (Wildman–Crippen MR) is 60.9 cm³/mol. The molecule has 0 aliphatic carbocycles. The molecule has 0 aliphatic rings. The average Bonchev–Trinajstić information content (AvgIpc) is 2.75. The number of ether oxygens (including phenoxy) is 1. The zero-order chi connectivity index (χ0) is 14.5. The number of aromatic nitrogens is 1. The van der Waals surface area contributed by atoms with Crippen molar-refractivity contribution in [1.29, 1.82) is 0 Å². The molecule has 0 radical (unpaired) electrons. The van der Waals surface area contributed by atoms with E-state index in [9.17, 15) is 22.4 Å². The normalized spacial score (nSPS) is 10.8. The Labute approximate surface area is 106 Å². The highest BCUT2D eigenvalue weighted by Crippen LogP contribution is 2.33. The summed E-state index contributed by atoms with van der Waals surface area (Å²) in [7, 11) is 0. The van der Waals surface area contributed by atoms with E-state index in [0.717, 1.165) is 12.1 Å². The Hall–Kier alpha value is -2.05. The van der Waals surface area contributed by atoms with E-state index >= 15 is 0 Å². The van der Waals surface area contributed by atoms with E-state index in [0.29, 0.717) is 18.5 Å². The molecule has 0 unspecified atom stereocenters. The van der Waals surface area contributed by atoms with E-state index < -0.39 is 17.6 Å². The van der Waals surface area contributed by atoms with Crippen LogP contribution in [0.3, 0.4) is 0 Å². The Kier molecular flexibility index (Phi) is 4.91. The fraction of sp³-hybridized carbons (Fsp3) is 0.250. The minimum atomic E-state index is -4.65. The highest BCUT2D eigenvalue weighted by molar-refractivity contribution is 5.80. The van der Waals surface area contributed by atoms with Crippen molar-refractivity contribution in [2.45, 2.75) is 13.1 Å². The van der Waals surface area contributed by atoms with Crippen molar-refractivity contribution in [1.82, 2.24) is 4.98 Å². The molecular weight excluding hydrogens is 266 g/mol. The predicted octanol–water partition coefficient (Wildman–Crippen LogP) is 3.51. The summed E-state index contributed by atoms with van der Waals surface area (Å²) in [5, 5.41) is 0.426. The number of aromatic amines is 1. The molecule has 2 aromatic rings. The summed E-state index contributed by atoms with van der Waals surface area (Å²) >= 11 is 0. The molecule has 0 aliphatic heterocycles. The van der Waals surface area contributed by atoms with Gasteiger partial charge < -0.3 is 9.72 Å². The lowest BCUT2D eigenvalue weighted by molar-refractivity contribution is -0.139. The maximum atomic E-state index is 13.0. The van der Waals surface area contributed by atoms with Gasteiger partial charge >= 0.3 is 6.18 Å². The number of alkyl halides is 3. The van der Waals surface area contributed by atoms with Crippen molar-refractivity contribution in [2.75, 3.05) is 6.61 Å². The Morgan fingerprint density at radius 3 is 2.53 bits per heavy atom. The van der Waals surface area contributed by atoms with E-state index in [1.54, 1.807) is 6.92 Å². The van der Waals surface area contributed by atoms with Gasteiger partial charge in [0.25, 0.3) is 6.47 Å². The number of benzene rings is 1. The Bertz CT molecular complexity index is 548. The first-order valence-electron chi connectivity index (χ1n) is 5.29. The molecule has 1 aromatic carbocycles. The van der Waals surface area contributed by atoms with Gasteiger partial charge in [-0.3, -0.25) is 4.79 Å². The molecule has 1 N–H and O–H groups in total. The van der Waals surface area contributed by atoms with Crippen molar-refractivity contribution in [3.63, 3.8) is 0 Å². The van der Waals surface area contributed by atoms with Crippen molar-refractivity contribution in [2.24, 2.45) is 0 Å². The lowest BCUT2D eigenvalue weighted by atomic mass is 10.1. The topological polar surface area (TPSA) is 42.1 Å². The second-order valence-electron chi connectivity index (χ2n) is 3.45. The number of hydrogen-bond donors (Lipinski definition) is 1. The molecule has 1 aromatic heterocycles. The molecule has 0 fully saturated rings. The van der Waals surface area contributed by atoms with Crippen LogP contribution < -0.4 is 0 Å². The highest BCUT2D eigenvalue weighted by atomic mass is 19.4. The van der Waals surface area contributed by atoms with Crippen molar-refractivity contribution < 1.29 is 27.1 Å². The zero-order valence-electron chi connectivity index (χ0n) is 9.92. The number of rotatable bonds is 2. The maximum absolute atomic E-state index is 13.0. The number of fused-ring (bicyclic) bond motifs is 1. The van der Waals surface area contributed by atoms with E-state index in [1.807, 2.05) is 0 Å². The Morgan fingerprint density at radius 2 is 2.05 bits per heavy atom. The van der Waals surface area contributed by atoms with Crippen LogP contribution >= 0.6 is 0 Å². The first-order chi connectivity index (χ1) is 8.90. The van der Waals surface area contributed by atoms with Gasteiger partial charge in [-0.25, -0.2) is 4.39 Å². The Morgan fingerprint density at radius 1 is 1.37 bits per heavy atom. The van der Waals surface area contributed by atoms with Crippen LogP contribution in [0.25, 0.3) is 10.9 Å². The summed E-state index contributed by atoms with van der Waals surface area (Å²) in [5.41, 5.74) is -0.967. The Balaban J connectivity index is 0.000000312. The molecular formula is C12H11F4NO2. The van der Waals surface area contributed by atoms with Gasteiger partial charge in [0.05, 0.1) is 12.2 Å². The van der Waals surface area contributed by atoms with Crippen molar-refractivity contribution >= 4 is 17.4 Å². The largest absolute Gasteiger partial charge is 0.468 e. The standard InChI is InChI=1S/C9H5F4N.C3H6O2/c10-7-3-5-1-2-14-8(5)4-6(7)9(11,12)13;1-2-5-3-4/h1-4,14H;3H,2H2,1H3. The second kappa shape index (κ2) is 6.21. The van der Waals surface area contributed by atoms with Crippen LogP contribution in [0.2, 0.25) is 0 Å². The molecule has 7 heteroatoms. The SMILES string of the molecule is CCOC=O.Fc1cc2cc[nH]c2cc1C(F)(F)F. The number of nitrogens with one attached hydrogen (secondary N) is 1. The molecule has 0 bridgehead atoms. The fourth-order valence-corrected chi connectivity index (χ4v) is 1.36. The van der Waals surface area contributed by atoms with E-state index in [4.69, 9.17) is 0 Å². The van der Waals surface area contributed by atoms with Crippen LogP contribution in [0.5, 0.6) is 0 Å². The van der Waals surface area contributed by atoms with Crippen LogP contribution in [0, 0.1) is 5.82 Å². The van der Waals surface area contributed by atoms with Gasteiger partial charge in [-0.15, -0.1) is 0 Å². The zero-order valence-corrected chi connectivity index (χ0v) is 9.92. The molecule has 0 saturated carbocycles. The van der Waals surface area contributed by atoms with Gasteiger partial charge in [0, 0.05) is 17.1 Å². The van der Waals surface area contributed by atoms with Crippen LogP contribution in [0.4, 0.5) is 17.6 Å². The summed E-state index contributed by atoms with van der Waals surface area (Å²) in [6.07, 6.45) is -3.19. The highest BCUT2D eigenvalue weighted by Gasteiger charge is 2.34. The molecule has 104 valence electrons. The first kappa shape index (κ1) is 15.0. The van der Waals surface area contributed by atoms with Gasteiger partial charge in [0.2, 0.25) is 0 Å². The minimum absolute atomic E-state index is 0.277. The molecule has 19 heavy (non-hydrogen) atoms. The third-order valence-corrected chi connectivity index (χ3v) is 2.18. The third kappa shape index (κ3) is 3.97. The lowest BCUT2D eigenvalue weighted by Crippen LogP contribution is -2.07. The molecule has 0 saturated heterocycles. The van der Waals surface area contributed by atoms with Crippen molar-refractivity contribution in [3.8, 4) is 0 Å². The number of carbonyl (C=O) groups excluding carboxylic acids is 1. The van der Waals surface area contributed by atoms with Crippen LogP contribution in [0.1, 0.15) is 12.5 Å². The number of halogens is 4. The quantitative estimate of drug-likeness (QED) is 0.674. The molecule has 0 spiro atoms. The van der Waals surface area contributed by atoms with E-state index in [2.05, 4.69) is 9.72 Å². The molecule has 1 heterocycles. The molecule has 3 nitrogen and oxygen atoms in total. The smallest absolute Gasteiger partial charge is 0.419 e. The van der Waals surface area contributed by atoms with Crippen LogP contribution in [-0.2, 0) is 15.7 Å². The molecule has 0 amide bonds. The average molecular weight is 277 g/mol. The van der Waals surface area contributed by atoms with Crippen molar-refractivity contribution in [3.05, 3.63) is 35.8 Å². The van der Waals surface area contributed by atoms with Gasteiger partial charge in [-0.2, -0.15) is 13.2 Å². The monoisotopic (exact) mass is 277 g/mol. The number of H-pyrrole nitrogens is 1. The minimum Gasteiger partial charge on any atom is -0.468 e. The fourth-order valence-electron chi connectivity index (χ4n) is 1.36. The summed E-state index contributed by atoms with van der Waals surface area (Å²) in [5.74, 6) is -1.25. The van der Waals surface area contributed by atoms with Gasteiger partial charge in [-0.05, 0) is 25.1 Å².